The monoisotopic (exact) mass is 450 g/mol. The maximum absolute atomic E-state index is 13.3. The quantitative estimate of drug-likeness (QED) is 0.621. The van der Waals surface area contributed by atoms with E-state index in [9.17, 15) is 22.8 Å². The van der Waals surface area contributed by atoms with Crippen molar-refractivity contribution in [3.63, 3.8) is 0 Å². The predicted molar refractivity (Wildman–Crippen MR) is 117 cm³/mol. The van der Waals surface area contributed by atoms with Crippen LogP contribution in [0.2, 0.25) is 0 Å². The number of ether oxygens (including phenoxy) is 1. The maximum atomic E-state index is 13.3. The van der Waals surface area contributed by atoms with Gasteiger partial charge in [-0.05, 0) is 43.3 Å². The van der Waals surface area contributed by atoms with E-state index in [4.69, 9.17) is 4.74 Å². The number of hydrogen-bond acceptors (Lipinski definition) is 5. The van der Waals surface area contributed by atoms with Crippen LogP contribution in [0.5, 0.6) is 0 Å². The minimum atomic E-state index is -4.53. The van der Waals surface area contributed by atoms with Gasteiger partial charge in [0.05, 0.1) is 30.2 Å². The lowest BCUT2D eigenvalue weighted by Crippen LogP contribution is -2.37. The fourth-order valence-electron chi connectivity index (χ4n) is 3.34. The molecule has 172 valence electrons. The van der Waals surface area contributed by atoms with Gasteiger partial charge < -0.3 is 25.6 Å². The smallest absolute Gasteiger partial charge is 0.378 e. The molecule has 32 heavy (non-hydrogen) atoms. The molecule has 0 unspecified atom stereocenters. The summed E-state index contributed by atoms with van der Waals surface area (Å²) in [5.41, 5.74) is 0.897. The molecule has 0 aliphatic carbocycles. The summed E-state index contributed by atoms with van der Waals surface area (Å²) >= 11 is 0. The highest BCUT2D eigenvalue weighted by atomic mass is 19.4. The Kier molecular flexibility index (Phi) is 7.24. The van der Waals surface area contributed by atoms with Crippen molar-refractivity contribution in [2.24, 2.45) is 0 Å². The molecular weight excluding hydrogens is 425 g/mol. The first-order chi connectivity index (χ1) is 15.1. The zero-order valence-corrected chi connectivity index (χ0v) is 17.8. The molecule has 0 spiro atoms. The lowest BCUT2D eigenvalue weighted by atomic mass is 10.1. The molecule has 0 radical (unpaired) electrons. The molecule has 1 aliphatic heterocycles. The SMILES string of the molecule is CC(=O)Nc1cccc(N[C@H](C)C(=O)Nc2cc(C(F)(F)F)ccc2N2CCOCC2)c1. The van der Waals surface area contributed by atoms with Crippen LogP contribution in [0.1, 0.15) is 19.4 Å². The third-order valence-electron chi connectivity index (χ3n) is 4.89. The fraction of sp³-hybridized carbons (Fsp3) is 0.364. The zero-order valence-electron chi connectivity index (χ0n) is 17.8. The second-order valence-electron chi connectivity index (χ2n) is 7.45. The molecule has 1 aliphatic rings. The van der Waals surface area contributed by atoms with E-state index in [1.54, 1.807) is 31.2 Å². The highest BCUT2D eigenvalue weighted by molar-refractivity contribution is 5.99. The van der Waals surface area contributed by atoms with Crippen molar-refractivity contribution in [3.05, 3.63) is 48.0 Å². The van der Waals surface area contributed by atoms with E-state index in [1.165, 1.54) is 13.0 Å². The second kappa shape index (κ2) is 9.90. The van der Waals surface area contributed by atoms with Crippen LogP contribution in [0, 0.1) is 0 Å². The first-order valence-electron chi connectivity index (χ1n) is 10.1. The number of morpholine rings is 1. The molecule has 0 bridgehead atoms. The largest absolute Gasteiger partial charge is 0.416 e. The minimum Gasteiger partial charge on any atom is -0.378 e. The highest BCUT2D eigenvalue weighted by Crippen LogP contribution is 2.36. The summed E-state index contributed by atoms with van der Waals surface area (Å²) in [4.78, 5) is 25.9. The van der Waals surface area contributed by atoms with Gasteiger partial charge in [0.25, 0.3) is 0 Å². The second-order valence-corrected chi connectivity index (χ2v) is 7.45. The lowest BCUT2D eigenvalue weighted by Gasteiger charge is -2.31. The van der Waals surface area contributed by atoms with Gasteiger partial charge in [0, 0.05) is 31.4 Å². The van der Waals surface area contributed by atoms with Crippen molar-refractivity contribution >= 4 is 34.6 Å². The van der Waals surface area contributed by atoms with Gasteiger partial charge in [-0.2, -0.15) is 13.2 Å². The molecule has 2 amide bonds. The molecule has 3 rings (SSSR count). The molecule has 1 atom stereocenters. The number of alkyl halides is 3. The van der Waals surface area contributed by atoms with Crippen LogP contribution >= 0.6 is 0 Å². The topological polar surface area (TPSA) is 82.7 Å². The van der Waals surface area contributed by atoms with Gasteiger partial charge in [0.2, 0.25) is 11.8 Å². The average molecular weight is 450 g/mol. The number of carbonyl (C=O) groups excluding carboxylic acids is 2. The van der Waals surface area contributed by atoms with Crippen LogP contribution in [-0.4, -0.2) is 44.2 Å². The van der Waals surface area contributed by atoms with Crippen LogP contribution in [0.4, 0.5) is 35.9 Å². The molecule has 1 heterocycles. The summed E-state index contributed by atoms with van der Waals surface area (Å²) in [6.45, 7) is 4.92. The number of rotatable bonds is 6. The van der Waals surface area contributed by atoms with E-state index < -0.39 is 23.7 Å². The summed E-state index contributed by atoms with van der Waals surface area (Å²) in [7, 11) is 0. The standard InChI is InChI=1S/C22H25F3N4O3/c1-14(26-17-4-3-5-18(13-17)27-15(2)30)21(31)28-19-12-16(22(23,24)25)6-7-20(19)29-8-10-32-11-9-29/h3-7,12-14,26H,8-11H2,1-2H3,(H,27,30)(H,28,31)/t14-/m1/s1. The molecular formula is C22H25F3N4O3. The van der Waals surface area contributed by atoms with Gasteiger partial charge in [-0.3, -0.25) is 9.59 Å². The number of carbonyl (C=O) groups is 2. The van der Waals surface area contributed by atoms with E-state index in [0.717, 1.165) is 12.1 Å². The van der Waals surface area contributed by atoms with Crippen LogP contribution in [0.15, 0.2) is 42.5 Å². The third kappa shape index (κ3) is 6.13. The van der Waals surface area contributed by atoms with Crippen LogP contribution in [0.25, 0.3) is 0 Å². The van der Waals surface area contributed by atoms with Gasteiger partial charge in [0.1, 0.15) is 6.04 Å². The number of anilines is 4. The molecule has 3 N–H and O–H groups in total. The van der Waals surface area contributed by atoms with Crippen LogP contribution in [0.3, 0.4) is 0 Å². The summed E-state index contributed by atoms with van der Waals surface area (Å²) < 4.78 is 45.1. The Labute approximate surface area is 183 Å². The van der Waals surface area contributed by atoms with E-state index in [2.05, 4.69) is 16.0 Å². The molecule has 0 saturated carbocycles. The Bertz CT molecular complexity index is 975. The highest BCUT2D eigenvalue weighted by Gasteiger charge is 2.32. The van der Waals surface area contributed by atoms with E-state index >= 15 is 0 Å². The first-order valence-corrected chi connectivity index (χ1v) is 10.1. The molecule has 7 nitrogen and oxygen atoms in total. The van der Waals surface area contributed by atoms with Crippen molar-refractivity contribution < 1.29 is 27.5 Å². The summed E-state index contributed by atoms with van der Waals surface area (Å²) in [5, 5.41) is 8.28. The lowest BCUT2D eigenvalue weighted by molar-refractivity contribution is -0.137. The molecule has 1 fully saturated rings. The molecule has 2 aromatic carbocycles. The number of benzene rings is 2. The number of nitrogens with zero attached hydrogens (tertiary/aromatic N) is 1. The van der Waals surface area contributed by atoms with E-state index in [-0.39, 0.29) is 11.6 Å². The Hall–Kier alpha value is -3.27. The number of hydrogen-bond donors (Lipinski definition) is 3. The van der Waals surface area contributed by atoms with Gasteiger partial charge in [0.15, 0.2) is 0 Å². The third-order valence-corrected chi connectivity index (χ3v) is 4.89. The van der Waals surface area contributed by atoms with Gasteiger partial charge in [-0.25, -0.2) is 0 Å². The first kappa shape index (κ1) is 23.4. The molecule has 0 aromatic heterocycles. The number of amides is 2. The van der Waals surface area contributed by atoms with Crippen molar-refractivity contribution in [3.8, 4) is 0 Å². The molecule has 1 saturated heterocycles. The van der Waals surface area contributed by atoms with E-state index in [0.29, 0.717) is 43.4 Å². The minimum absolute atomic E-state index is 0.0902. The zero-order chi connectivity index (χ0) is 23.3. The van der Waals surface area contributed by atoms with Crippen molar-refractivity contribution in [1.29, 1.82) is 0 Å². The Morgan fingerprint density at radius 2 is 1.72 bits per heavy atom. The van der Waals surface area contributed by atoms with Crippen LogP contribution < -0.4 is 20.9 Å². The van der Waals surface area contributed by atoms with Gasteiger partial charge in [-0.1, -0.05) is 6.07 Å². The summed E-state index contributed by atoms with van der Waals surface area (Å²) in [6, 6.07) is 9.37. The maximum Gasteiger partial charge on any atom is 0.416 e. The van der Waals surface area contributed by atoms with Crippen molar-refractivity contribution in [1.82, 2.24) is 0 Å². The molecule has 2 aromatic rings. The van der Waals surface area contributed by atoms with Crippen molar-refractivity contribution in [2.75, 3.05) is 47.2 Å². The number of halogens is 3. The van der Waals surface area contributed by atoms with Crippen LogP contribution in [-0.2, 0) is 20.5 Å². The summed E-state index contributed by atoms with van der Waals surface area (Å²) in [6.07, 6.45) is -4.53. The van der Waals surface area contributed by atoms with Crippen molar-refractivity contribution in [2.45, 2.75) is 26.1 Å². The molecule has 10 heteroatoms. The summed E-state index contributed by atoms with van der Waals surface area (Å²) in [5.74, 6) is -0.725. The normalized spacial score (nSPS) is 15.1. The van der Waals surface area contributed by atoms with Gasteiger partial charge in [-0.15, -0.1) is 0 Å². The average Bonchev–Trinajstić information content (AvgIpc) is 2.73. The Balaban J connectivity index is 1.78. The Morgan fingerprint density at radius 3 is 2.38 bits per heavy atom. The fourth-order valence-corrected chi connectivity index (χ4v) is 3.34. The Morgan fingerprint density at radius 1 is 1.03 bits per heavy atom. The van der Waals surface area contributed by atoms with E-state index in [1.807, 2.05) is 4.90 Å². The predicted octanol–water partition coefficient (Wildman–Crippen LogP) is 3.94. The number of nitrogens with one attached hydrogen (secondary N) is 3. The van der Waals surface area contributed by atoms with Gasteiger partial charge >= 0.3 is 6.18 Å².